The van der Waals surface area contributed by atoms with Gasteiger partial charge in [0.05, 0.1) is 19.3 Å². The number of aliphatic hydroxyl groups is 1. The molecule has 0 spiro atoms. The Balaban J connectivity index is 2.67. The predicted molar refractivity (Wildman–Crippen MR) is 55.0 cm³/mol. The van der Waals surface area contributed by atoms with Crippen LogP contribution in [0.5, 0.6) is 0 Å². The Morgan fingerprint density at radius 3 is 2.57 bits per heavy atom. The molecule has 0 aromatic heterocycles. The first-order valence-corrected chi connectivity index (χ1v) is 5.36. The predicted octanol–water partition coefficient (Wildman–Crippen LogP) is 1.94. The quantitative estimate of drug-likeness (QED) is 0.760. The lowest BCUT2D eigenvalue weighted by Crippen LogP contribution is -2.48. The van der Waals surface area contributed by atoms with Gasteiger partial charge in [-0.2, -0.15) is 0 Å². The van der Waals surface area contributed by atoms with Gasteiger partial charge < -0.3 is 14.6 Å². The zero-order chi connectivity index (χ0) is 10.8. The smallest absolute Gasteiger partial charge is 0.163 e. The highest BCUT2D eigenvalue weighted by molar-refractivity contribution is 4.85. The van der Waals surface area contributed by atoms with Crippen molar-refractivity contribution in [3.63, 3.8) is 0 Å². The molecule has 1 aliphatic heterocycles. The first kappa shape index (κ1) is 12.0. The molecule has 1 N–H and O–H groups in total. The third-order valence-electron chi connectivity index (χ3n) is 3.20. The van der Waals surface area contributed by atoms with Crippen LogP contribution in [0, 0.1) is 5.41 Å². The molecule has 1 saturated heterocycles. The number of hydrogen-bond acceptors (Lipinski definition) is 3. The first-order valence-electron chi connectivity index (χ1n) is 5.36. The summed E-state index contributed by atoms with van der Waals surface area (Å²) in [5, 5.41) is 9.39. The Bertz CT molecular complexity index is 185. The highest BCUT2D eigenvalue weighted by atomic mass is 16.7. The maximum Gasteiger partial charge on any atom is 0.163 e. The molecule has 1 rings (SSSR count). The van der Waals surface area contributed by atoms with E-state index < -0.39 is 5.79 Å². The van der Waals surface area contributed by atoms with E-state index in [2.05, 4.69) is 13.8 Å². The highest BCUT2D eigenvalue weighted by Gasteiger charge is 2.39. The van der Waals surface area contributed by atoms with Gasteiger partial charge in [-0.25, -0.2) is 0 Å². The summed E-state index contributed by atoms with van der Waals surface area (Å²) in [6, 6.07) is 0. The van der Waals surface area contributed by atoms with E-state index >= 15 is 0 Å². The van der Waals surface area contributed by atoms with Crippen LogP contribution in [0.25, 0.3) is 0 Å². The van der Waals surface area contributed by atoms with Crippen molar-refractivity contribution in [2.75, 3.05) is 13.2 Å². The Kier molecular flexibility index (Phi) is 3.56. The van der Waals surface area contributed by atoms with Crippen molar-refractivity contribution < 1.29 is 14.6 Å². The summed E-state index contributed by atoms with van der Waals surface area (Å²) in [7, 11) is 0. The van der Waals surface area contributed by atoms with Crippen molar-refractivity contribution in [2.45, 2.75) is 52.4 Å². The Morgan fingerprint density at radius 2 is 2.14 bits per heavy atom. The largest absolute Gasteiger partial charge is 0.396 e. The standard InChI is InChI=1S/C11H22O3/c1-5-11(4,8-12)9-6-7-13-10(2,3)14-9/h9,12H,5-8H2,1-4H3/t9-,11?/m0/s1. The molecule has 0 bridgehead atoms. The topological polar surface area (TPSA) is 38.7 Å². The molecule has 14 heavy (non-hydrogen) atoms. The van der Waals surface area contributed by atoms with Gasteiger partial charge >= 0.3 is 0 Å². The molecule has 0 aromatic carbocycles. The molecule has 0 saturated carbocycles. The summed E-state index contributed by atoms with van der Waals surface area (Å²) in [6.45, 7) is 8.89. The van der Waals surface area contributed by atoms with Crippen LogP contribution < -0.4 is 0 Å². The molecule has 1 fully saturated rings. The van der Waals surface area contributed by atoms with E-state index in [1.54, 1.807) is 0 Å². The number of ether oxygens (including phenoxy) is 2. The maximum atomic E-state index is 9.39. The van der Waals surface area contributed by atoms with Gasteiger partial charge in [-0.1, -0.05) is 13.8 Å². The number of aliphatic hydroxyl groups excluding tert-OH is 1. The molecule has 3 nitrogen and oxygen atoms in total. The molecule has 0 amide bonds. The minimum atomic E-state index is -0.505. The van der Waals surface area contributed by atoms with E-state index in [1.165, 1.54) is 0 Å². The third-order valence-corrected chi connectivity index (χ3v) is 3.20. The van der Waals surface area contributed by atoms with Crippen LogP contribution in [0.3, 0.4) is 0 Å². The molecule has 0 radical (unpaired) electrons. The monoisotopic (exact) mass is 202 g/mol. The fourth-order valence-electron chi connectivity index (χ4n) is 1.78. The van der Waals surface area contributed by atoms with E-state index in [9.17, 15) is 5.11 Å². The van der Waals surface area contributed by atoms with Crippen molar-refractivity contribution in [2.24, 2.45) is 5.41 Å². The van der Waals surface area contributed by atoms with Gasteiger partial charge in [0, 0.05) is 5.41 Å². The van der Waals surface area contributed by atoms with Crippen molar-refractivity contribution in [1.29, 1.82) is 0 Å². The molecule has 84 valence electrons. The highest BCUT2D eigenvalue weighted by Crippen LogP contribution is 2.35. The molecule has 1 heterocycles. The average Bonchev–Trinajstić information content (AvgIpc) is 2.15. The van der Waals surface area contributed by atoms with E-state index in [0.29, 0.717) is 6.61 Å². The van der Waals surface area contributed by atoms with E-state index in [4.69, 9.17) is 9.47 Å². The lowest BCUT2D eigenvalue weighted by atomic mass is 9.80. The van der Waals surface area contributed by atoms with Crippen molar-refractivity contribution >= 4 is 0 Å². The first-order chi connectivity index (χ1) is 6.43. The van der Waals surface area contributed by atoms with Gasteiger partial charge in [-0.3, -0.25) is 0 Å². The molecule has 2 atom stereocenters. The third kappa shape index (κ3) is 2.47. The van der Waals surface area contributed by atoms with Gasteiger partial charge in [0.25, 0.3) is 0 Å². The molecular weight excluding hydrogens is 180 g/mol. The Morgan fingerprint density at radius 1 is 1.50 bits per heavy atom. The van der Waals surface area contributed by atoms with Gasteiger partial charge in [0.2, 0.25) is 0 Å². The molecule has 0 aromatic rings. The van der Waals surface area contributed by atoms with Crippen LogP contribution in [0.15, 0.2) is 0 Å². The van der Waals surface area contributed by atoms with Crippen LogP contribution in [0.2, 0.25) is 0 Å². The van der Waals surface area contributed by atoms with Crippen LogP contribution in [-0.4, -0.2) is 30.2 Å². The lowest BCUT2D eigenvalue weighted by Gasteiger charge is -2.44. The summed E-state index contributed by atoms with van der Waals surface area (Å²) in [6.07, 6.45) is 1.89. The minimum absolute atomic E-state index is 0.0984. The summed E-state index contributed by atoms with van der Waals surface area (Å²) in [5.41, 5.74) is -0.138. The summed E-state index contributed by atoms with van der Waals surface area (Å²) >= 11 is 0. The SMILES string of the molecule is CCC(C)(CO)[C@@H]1CCOC(C)(C)O1. The molecule has 3 heteroatoms. The zero-order valence-corrected chi connectivity index (χ0v) is 9.67. The van der Waals surface area contributed by atoms with Gasteiger partial charge in [-0.15, -0.1) is 0 Å². The fourth-order valence-corrected chi connectivity index (χ4v) is 1.78. The maximum absolute atomic E-state index is 9.39. The lowest BCUT2D eigenvalue weighted by molar-refractivity contribution is -0.296. The van der Waals surface area contributed by atoms with Gasteiger partial charge in [-0.05, 0) is 26.7 Å². The average molecular weight is 202 g/mol. The Labute approximate surface area is 86.4 Å². The Hall–Kier alpha value is -0.120. The van der Waals surface area contributed by atoms with Gasteiger partial charge in [0.1, 0.15) is 0 Å². The van der Waals surface area contributed by atoms with Crippen LogP contribution in [0.4, 0.5) is 0 Å². The second kappa shape index (κ2) is 4.17. The summed E-state index contributed by atoms with van der Waals surface area (Å²) < 4.78 is 11.3. The minimum Gasteiger partial charge on any atom is -0.396 e. The van der Waals surface area contributed by atoms with Crippen LogP contribution in [-0.2, 0) is 9.47 Å². The fraction of sp³-hybridized carbons (Fsp3) is 1.00. The number of hydrogen-bond donors (Lipinski definition) is 1. The van der Waals surface area contributed by atoms with E-state index in [1.807, 2.05) is 13.8 Å². The second-order valence-electron chi connectivity index (χ2n) is 4.81. The molecule has 0 aliphatic carbocycles. The zero-order valence-electron chi connectivity index (χ0n) is 9.67. The van der Waals surface area contributed by atoms with Crippen molar-refractivity contribution in [3.8, 4) is 0 Å². The molecule has 1 aliphatic rings. The normalized spacial score (nSPS) is 31.1. The molecule has 1 unspecified atom stereocenters. The molecular formula is C11H22O3. The van der Waals surface area contributed by atoms with Crippen molar-refractivity contribution in [3.05, 3.63) is 0 Å². The van der Waals surface area contributed by atoms with Crippen LogP contribution >= 0.6 is 0 Å². The van der Waals surface area contributed by atoms with Gasteiger partial charge in [0.15, 0.2) is 5.79 Å². The summed E-state index contributed by atoms with van der Waals surface area (Å²) in [4.78, 5) is 0. The summed E-state index contributed by atoms with van der Waals surface area (Å²) in [5.74, 6) is -0.505. The number of rotatable bonds is 3. The van der Waals surface area contributed by atoms with E-state index in [-0.39, 0.29) is 18.1 Å². The van der Waals surface area contributed by atoms with Crippen LogP contribution in [0.1, 0.15) is 40.5 Å². The van der Waals surface area contributed by atoms with Crippen molar-refractivity contribution in [1.82, 2.24) is 0 Å². The van der Waals surface area contributed by atoms with E-state index in [0.717, 1.165) is 12.8 Å². The second-order valence-corrected chi connectivity index (χ2v) is 4.81.